The largest absolute Gasteiger partial charge is 0.378 e. The van der Waals surface area contributed by atoms with E-state index in [1.54, 1.807) is 0 Å². The van der Waals surface area contributed by atoms with Crippen molar-refractivity contribution in [2.24, 2.45) is 0 Å². The Bertz CT molecular complexity index is 362. The fourth-order valence-electron chi connectivity index (χ4n) is 1.65. The zero-order valence-electron chi connectivity index (χ0n) is 10.5. The lowest BCUT2D eigenvalue weighted by molar-refractivity contribution is -0.119. The van der Waals surface area contributed by atoms with E-state index in [4.69, 9.17) is 11.6 Å². The summed E-state index contributed by atoms with van der Waals surface area (Å²) in [4.78, 5) is 13.2. The van der Waals surface area contributed by atoms with Gasteiger partial charge in [-0.2, -0.15) is 0 Å². The van der Waals surface area contributed by atoms with E-state index in [-0.39, 0.29) is 17.8 Å². The molecule has 0 bridgehead atoms. The average Bonchev–Trinajstić information content (AvgIpc) is 2.29. The van der Waals surface area contributed by atoms with E-state index in [0.29, 0.717) is 0 Å². The summed E-state index contributed by atoms with van der Waals surface area (Å²) >= 11 is 5.44. The van der Waals surface area contributed by atoms with Gasteiger partial charge in [0.15, 0.2) is 0 Å². The van der Waals surface area contributed by atoms with Crippen molar-refractivity contribution < 1.29 is 4.79 Å². The molecular weight excluding hydrogens is 236 g/mol. The highest BCUT2D eigenvalue weighted by Gasteiger charge is 2.07. The molecule has 0 saturated heterocycles. The molecule has 1 amide bonds. The molecule has 1 unspecified atom stereocenters. The summed E-state index contributed by atoms with van der Waals surface area (Å²) in [5.41, 5.74) is 2.38. The van der Waals surface area contributed by atoms with Gasteiger partial charge in [-0.05, 0) is 31.0 Å². The van der Waals surface area contributed by atoms with Crippen LogP contribution in [0.5, 0.6) is 0 Å². The van der Waals surface area contributed by atoms with Crippen molar-refractivity contribution in [1.29, 1.82) is 0 Å². The Balaban J connectivity index is 2.54. The van der Waals surface area contributed by atoms with Crippen LogP contribution in [-0.4, -0.2) is 31.9 Å². The van der Waals surface area contributed by atoms with Crippen molar-refractivity contribution in [2.45, 2.75) is 19.4 Å². The van der Waals surface area contributed by atoms with Crippen LogP contribution in [0.1, 0.15) is 12.5 Å². The molecule has 1 atom stereocenters. The summed E-state index contributed by atoms with van der Waals surface area (Å²) in [6.07, 6.45) is 0.816. The Morgan fingerprint density at radius 1 is 1.35 bits per heavy atom. The maximum atomic E-state index is 11.1. The van der Waals surface area contributed by atoms with Crippen LogP contribution in [0.4, 0.5) is 5.69 Å². The van der Waals surface area contributed by atoms with Crippen LogP contribution >= 0.6 is 11.6 Å². The van der Waals surface area contributed by atoms with E-state index < -0.39 is 0 Å². The van der Waals surface area contributed by atoms with Gasteiger partial charge in [-0.25, -0.2) is 0 Å². The fourth-order valence-corrected chi connectivity index (χ4v) is 1.73. The van der Waals surface area contributed by atoms with Crippen LogP contribution in [0.15, 0.2) is 24.3 Å². The molecule has 17 heavy (non-hydrogen) atoms. The molecule has 0 aliphatic heterocycles. The van der Waals surface area contributed by atoms with Crippen molar-refractivity contribution in [3.63, 3.8) is 0 Å². The number of halogens is 1. The molecule has 0 aliphatic carbocycles. The lowest BCUT2D eigenvalue weighted by Crippen LogP contribution is -2.34. The van der Waals surface area contributed by atoms with Gasteiger partial charge in [0, 0.05) is 25.8 Å². The zero-order chi connectivity index (χ0) is 12.8. The van der Waals surface area contributed by atoms with Gasteiger partial charge in [-0.15, -0.1) is 11.6 Å². The first-order valence-electron chi connectivity index (χ1n) is 5.64. The smallest absolute Gasteiger partial charge is 0.235 e. The van der Waals surface area contributed by atoms with E-state index in [0.717, 1.165) is 6.42 Å². The Kier molecular flexibility index (Phi) is 5.29. The van der Waals surface area contributed by atoms with Gasteiger partial charge in [-0.1, -0.05) is 12.1 Å². The molecule has 3 nitrogen and oxygen atoms in total. The van der Waals surface area contributed by atoms with Crippen LogP contribution in [0.3, 0.4) is 0 Å². The third-order valence-electron chi connectivity index (χ3n) is 2.52. The van der Waals surface area contributed by atoms with E-state index in [1.807, 2.05) is 21.0 Å². The summed E-state index contributed by atoms with van der Waals surface area (Å²) in [5.74, 6) is -0.103. The monoisotopic (exact) mass is 254 g/mol. The number of hydrogen-bond acceptors (Lipinski definition) is 2. The second-order valence-corrected chi connectivity index (χ2v) is 4.63. The second-order valence-electron chi connectivity index (χ2n) is 4.37. The minimum Gasteiger partial charge on any atom is -0.378 e. The van der Waals surface area contributed by atoms with Crippen LogP contribution in [-0.2, 0) is 11.2 Å². The van der Waals surface area contributed by atoms with E-state index >= 15 is 0 Å². The molecule has 1 aromatic carbocycles. The minimum atomic E-state index is -0.121. The van der Waals surface area contributed by atoms with Gasteiger partial charge < -0.3 is 10.2 Å². The maximum Gasteiger partial charge on any atom is 0.235 e. The van der Waals surface area contributed by atoms with E-state index in [2.05, 4.69) is 34.5 Å². The van der Waals surface area contributed by atoms with Gasteiger partial charge in [0.25, 0.3) is 0 Å². The lowest BCUT2D eigenvalue weighted by Gasteiger charge is -2.15. The normalized spacial score (nSPS) is 12.0. The number of anilines is 1. The quantitative estimate of drug-likeness (QED) is 0.816. The maximum absolute atomic E-state index is 11.1. The Hall–Kier alpha value is -1.22. The molecule has 94 valence electrons. The number of hydrogen-bond donors (Lipinski definition) is 1. The highest BCUT2D eigenvalue weighted by atomic mass is 35.5. The highest BCUT2D eigenvalue weighted by Crippen LogP contribution is 2.13. The first-order chi connectivity index (χ1) is 8.02. The number of carbonyl (C=O) groups is 1. The van der Waals surface area contributed by atoms with Gasteiger partial charge in [-0.3, -0.25) is 4.79 Å². The fraction of sp³-hybridized carbons (Fsp3) is 0.462. The predicted molar refractivity (Wildman–Crippen MR) is 72.8 cm³/mol. The summed E-state index contributed by atoms with van der Waals surface area (Å²) in [5, 5.41) is 2.83. The summed E-state index contributed by atoms with van der Waals surface area (Å²) in [7, 11) is 4.02. The van der Waals surface area contributed by atoms with Gasteiger partial charge >= 0.3 is 0 Å². The molecule has 0 aliphatic rings. The number of nitrogens with one attached hydrogen (secondary N) is 1. The van der Waals surface area contributed by atoms with Crippen molar-refractivity contribution in [3.8, 4) is 0 Å². The Morgan fingerprint density at radius 2 is 1.94 bits per heavy atom. The van der Waals surface area contributed by atoms with Gasteiger partial charge in [0.05, 0.1) is 0 Å². The third kappa shape index (κ3) is 4.65. The molecular formula is C13H19ClN2O. The van der Waals surface area contributed by atoms with Crippen molar-refractivity contribution in [3.05, 3.63) is 29.8 Å². The number of nitrogens with zero attached hydrogens (tertiary/aromatic N) is 1. The first kappa shape index (κ1) is 13.8. The van der Waals surface area contributed by atoms with Gasteiger partial charge in [0.1, 0.15) is 5.88 Å². The molecule has 1 N–H and O–H groups in total. The summed E-state index contributed by atoms with van der Waals surface area (Å²) in [6.45, 7) is 1.98. The van der Waals surface area contributed by atoms with Crippen LogP contribution < -0.4 is 10.2 Å². The molecule has 0 radical (unpaired) electrons. The highest BCUT2D eigenvalue weighted by molar-refractivity contribution is 6.27. The van der Waals surface area contributed by atoms with E-state index in [9.17, 15) is 4.79 Å². The van der Waals surface area contributed by atoms with Crippen LogP contribution in [0.25, 0.3) is 0 Å². The van der Waals surface area contributed by atoms with Gasteiger partial charge in [0.2, 0.25) is 5.91 Å². The minimum absolute atomic E-state index is 0.0178. The van der Waals surface area contributed by atoms with Crippen LogP contribution in [0, 0.1) is 0 Å². The first-order valence-corrected chi connectivity index (χ1v) is 6.18. The van der Waals surface area contributed by atoms with Crippen molar-refractivity contribution in [1.82, 2.24) is 5.32 Å². The molecule has 0 aromatic heterocycles. The van der Waals surface area contributed by atoms with Crippen molar-refractivity contribution >= 4 is 23.2 Å². The predicted octanol–water partition coefficient (Wildman–Crippen LogP) is 2.04. The number of amides is 1. The van der Waals surface area contributed by atoms with Crippen molar-refractivity contribution in [2.75, 3.05) is 24.9 Å². The molecule has 0 spiro atoms. The van der Waals surface area contributed by atoms with Crippen LogP contribution in [0.2, 0.25) is 0 Å². The number of benzene rings is 1. The molecule has 0 fully saturated rings. The Labute approximate surface area is 108 Å². The average molecular weight is 255 g/mol. The number of carbonyl (C=O) groups excluding carboxylic acids is 1. The standard InChI is InChI=1S/C13H19ClN2O/c1-10(15-13(17)9-14)8-11-4-6-12(7-5-11)16(2)3/h4-7,10H,8-9H2,1-3H3,(H,15,17). The Morgan fingerprint density at radius 3 is 2.41 bits per heavy atom. The molecule has 1 aromatic rings. The summed E-state index contributed by atoms with van der Waals surface area (Å²) in [6, 6.07) is 8.42. The molecule has 1 rings (SSSR count). The molecule has 0 saturated carbocycles. The topological polar surface area (TPSA) is 32.3 Å². The van der Waals surface area contributed by atoms with E-state index in [1.165, 1.54) is 11.3 Å². The SMILES string of the molecule is CC(Cc1ccc(N(C)C)cc1)NC(=O)CCl. The molecule has 0 heterocycles. The third-order valence-corrected chi connectivity index (χ3v) is 2.77. The zero-order valence-corrected chi connectivity index (χ0v) is 11.3. The number of rotatable bonds is 5. The summed E-state index contributed by atoms with van der Waals surface area (Å²) < 4.78 is 0. The second kappa shape index (κ2) is 6.50. The lowest BCUT2D eigenvalue weighted by atomic mass is 10.1. The molecule has 4 heteroatoms. The number of alkyl halides is 1.